The summed E-state index contributed by atoms with van der Waals surface area (Å²) in [6.07, 6.45) is 1.65. The van der Waals surface area contributed by atoms with Gasteiger partial charge in [-0.2, -0.15) is 0 Å². The van der Waals surface area contributed by atoms with Crippen LogP contribution in [-0.4, -0.2) is 23.0 Å². The van der Waals surface area contributed by atoms with Crippen LogP contribution < -0.4 is 15.8 Å². The smallest absolute Gasteiger partial charge is 0.265 e. The fourth-order valence-corrected chi connectivity index (χ4v) is 2.49. The van der Waals surface area contributed by atoms with Crippen molar-refractivity contribution in [3.05, 3.63) is 47.8 Å². The van der Waals surface area contributed by atoms with Gasteiger partial charge in [0.25, 0.3) is 5.91 Å². The highest BCUT2D eigenvalue weighted by Gasteiger charge is 2.30. The van der Waals surface area contributed by atoms with Crippen molar-refractivity contribution in [1.29, 1.82) is 0 Å². The van der Waals surface area contributed by atoms with Crippen molar-refractivity contribution >= 4 is 17.5 Å². The molecule has 3 rings (SSSR count). The number of ether oxygens (including phenoxy) is 1. The summed E-state index contributed by atoms with van der Waals surface area (Å²) in [4.78, 5) is 23.6. The quantitative estimate of drug-likeness (QED) is 0.889. The van der Waals surface area contributed by atoms with Crippen LogP contribution in [0.2, 0.25) is 0 Å². The number of aromatic nitrogens is 1. The fourth-order valence-electron chi connectivity index (χ4n) is 2.49. The minimum Gasteiger partial charge on any atom is -0.492 e. The van der Waals surface area contributed by atoms with Gasteiger partial charge in [-0.1, -0.05) is 18.2 Å². The molecule has 108 valence electrons. The van der Waals surface area contributed by atoms with Gasteiger partial charge in [0.1, 0.15) is 24.0 Å². The van der Waals surface area contributed by atoms with E-state index in [2.05, 4.69) is 5.32 Å². The summed E-state index contributed by atoms with van der Waals surface area (Å²) in [6, 6.07) is 9.03. The first-order valence-electron chi connectivity index (χ1n) is 6.55. The summed E-state index contributed by atoms with van der Waals surface area (Å²) in [7, 11) is 1.70. The van der Waals surface area contributed by atoms with Gasteiger partial charge in [0, 0.05) is 18.8 Å². The third kappa shape index (κ3) is 2.35. The molecule has 1 aromatic carbocycles. The van der Waals surface area contributed by atoms with E-state index in [1.54, 1.807) is 23.9 Å². The lowest BCUT2D eigenvalue weighted by Crippen LogP contribution is -2.22. The number of anilines is 1. The van der Waals surface area contributed by atoms with Gasteiger partial charge in [0.05, 0.1) is 5.69 Å². The molecule has 0 spiro atoms. The van der Waals surface area contributed by atoms with E-state index in [1.165, 1.54) is 0 Å². The molecule has 1 aromatic heterocycles. The van der Waals surface area contributed by atoms with E-state index in [4.69, 9.17) is 10.5 Å². The van der Waals surface area contributed by atoms with E-state index in [-0.39, 0.29) is 11.8 Å². The summed E-state index contributed by atoms with van der Waals surface area (Å²) in [5.41, 5.74) is 7.01. The minimum atomic E-state index is -0.535. The molecule has 3 N–H and O–H groups in total. The number of carbonyl (C=O) groups is 2. The number of aryl methyl sites for hydroxylation is 1. The molecule has 0 saturated heterocycles. The maximum absolute atomic E-state index is 12.4. The second kappa shape index (κ2) is 4.97. The monoisotopic (exact) mass is 285 g/mol. The third-order valence-electron chi connectivity index (χ3n) is 3.54. The second-order valence-electron chi connectivity index (χ2n) is 4.98. The van der Waals surface area contributed by atoms with Crippen LogP contribution in [0.15, 0.2) is 36.5 Å². The number of fused-ring (bicyclic) bond motifs is 1. The SMILES string of the molecule is Cn1cc(NC(=O)[C@@H]2COc3ccccc32)cc1C(N)=O. The van der Waals surface area contributed by atoms with E-state index in [9.17, 15) is 9.59 Å². The summed E-state index contributed by atoms with van der Waals surface area (Å²) in [5.74, 6) is -0.309. The Morgan fingerprint density at radius 2 is 2.14 bits per heavy atom. The molecule has 0 unspecified atom stereocenters. The topological polar surface area (TPSA) is 86.3 Å². The van der Waals surface area contributed by atoms with Gasteiger partial charge >= 0.3 is 0 Å². The average molecular weight is 285 g/mol. The van der Waals surface area contributed by atoms with Crippen LogP contribution in [0.1, 0.15) is 22.0 Å². The molecule has 6 nitrogen and oxygen atoms in total. The van der Waals surface area contributed by atoms with Crippen molar-refractivity contribution in [3.8, 4) is 5.75 Å². The summed E-state index contributed by atoms with van der Waals surface area (Å²) < 4.78 is 7.08. The standard InChI is InChI=1S/C15H15N3O3/c1-18-7-9(6-12(18)14(16)19)17-15(20)11-8-21-13-5-3-2-4-10(11)13/h2-7,11H,8H2,1H3,(H2,16,19)(H,17,20)/t11-/m1/s1. The van der Waals surface area contributed by atoms with Gasteiger partial charge in [0.2, 0.25) is 5.91 Å². The fraction of sp³-hybridized carbons (Fsp3) is 0.200. The van der Waals surface area contributed by atoms with Gasteiger partial charge < -0.3 is 20.4 Å². The van der Waals surface area contributed by atoms with Crippen LogP contribution in [0.4, 0.5) is 5.69 Å². The molecular formula is C15H15N3O3. The van der Waals surface area contributed by atoms with Crippen molar-refractivity contribution in [1.82, 2.24) is 4.57 Å². The minimum absolute atomic E-state index is 0.165. The van der Waals surface area contributed by atoms with Crippen LogP contribution in [0.5, 0.6) is 5.75 Å². The first kappa shape index (κ1) is 13.2. The Hall–Kier alpha value is -2.76. The Morgan fingerprint density at radius 1 is 1.38 bits per heavy atom. The van der Waals surface area contributed by atoms with Crippen LogP contribution in [0.25, 0.3) is 0 Å². The molecule has 0 saturated carbocycles. The number of nitrogens with two attached hydrogens (primary N) is 1. The van der Waals surface area contributed by atoms with E-state index in [0.29, 0.717) is 18.0 Å². The van der Waals surface area contributed by atoms with E-state index in [0.717, 1.165) is 11.3 Å². The van der Waals surface area contributed by atoms with Crippen molar-refractivity contribution in [3.63, 3.8) is 0 Å². The molecular weight excluding hydrogens is 270 g/mol. The van der Waals surface area contributed by atoms with Gasteiger partial charge in [0.15, 0.2) is 0 Å². The molecule has 0 bridgehead atoms. The molecule has 6 heteroatoms. The van der Waals surface area contributed by atoms with E-state index in [1.807, 2.05) is 24.3 Å². The molecule has 0 aliphatic carbocycles. The molecule has 1 aliphatic heterocycles. The maximum Gasteiger partial charge on any atom is 0.265 e. The summed E-state index contributed by atoms with van der Waals surface area (Å²) >= 11 is 0. The lowest BCUT2D eigenvalue weighted by Gasteiger charge is -2.08. The molecule has 2 aromatic rings. The zero-order valence-corrected chi connectivity index (χ0v) is 11.5. The van der Waals surface area contributed by atoms with Crippen LogP contribution in [0, 0.1) is 0 Å². The number of rotatable bonds is 3. The third-order valence-corrected chi connectivity index (χ3v) is 3.54. The predicted molar refractivity (Wildman–Crippen MR) is 77.2 cm³/mol. The van der Waals surface area contributed by atoms with Crippen LogP contribution in [0.3, 0.4) is 0 Å². The number of nitrogens with one attached hydrogen (secondary N) is 1. The van der Waals surface area contributed by atoms with E-state index < -0.39 is 5.91 Å². The Bertz CT molecular complexity index is 721. The van der Waals surface area contributed by atoms with Crippen LogP contribution >= 0.6 is 0 Å². The molecule has 2 heterocycles. The molecule has 0 radical (unpaired) electrons. The highest BCUT2D eigenvalue weighted by molar-refractivity contribution is 5.99. The predicted octanol–water partition coefficient (Wildman–Crippen LogP) is 1.24. The first-order chi connectivity index (χ1) is 10.1. The second-order valence-corrected chi connectivity index (χ2v) is 4.98. The number of carbonyl (C=O) groups excluding carboxylic acids is 2. The molecule has 2 amide bonds. The number of benzene rings is 1. The van der Waals surface area contributed by atoms with Gasteiger partial charge in [-0.05, 0) is 12.1 Å². The number of primary amides is 1. The van der Waals surface area contributed by atoms with Crippen LogP contribution in [-0.2, 0) is 11.8 Å². The Kier molecular flexibility index (Phi) is 3.13. The zero-order chi connectivity index (χ0) is 15.0. The number of nitrogens with zero attached hydrogens (tertiary/aromatic N) is 1. The van der Waals surface area contributed by atoms with Crippen molar-refractivity contribution in [2.24, 2.45) is 12.8 Å². The van der Waals surface area contributed by atoms with Crippen molar-refractivity contribution in [2.45, 2.75) is 5.92 Å². The zero-order valence-electron chi connectivity index (χ0n) is 11.5. The lowest BCUT2D eigenvalue weighted by atomic mass is 10.0. The van der Waals surface area contributed by atoms with Crippen molar-refractivity contribution < 1.29 is 14.3 Å². The first-order valence-corrected chi connectivity index (χ1v) is 6.55. The normalized spacial score (nSPS) is 16.1. The largest absolute Gasteiger partial charge is 0.492 e. The van der Waals surface area contributed by atoms with Gasteiger partial charge in [-0.25, -0.2) is 0 Å². The lowest BCUT2D eigenvalue weighted by molar-refractivity contribution is -0.117. The van der Waals surface area contributed by atoms with Gasteiger partial charge in [-0.3, -0.25) is 9.59 Å². The number of amides is 2. The van der Waals surface area contributed by atoms with Gasteiger partial charge in [-0.15, -0.1) is 0 Å². The molecule has 21 heavy (non-hydrogen) atoms. The number of hydrogen-bond donors (Lipinski definition) is 2. The summed E-state index contributed by atoms with van der Waals surface area (Å²) in [5, 5.41) is 2.79. The average Bonchev–Trinajstić information content (AvgIpc) is 3.02. The Balaban J connectivity index is 1.79. The van der Waals surface area contributed by atoms with Crippen molar-refractivity contribution in [2.75, 3.05) is 11.9 Å². The van der Waals surface area contributed by atoms with E-state index >= 15 is 0 Å². The summed E-state index contributed by atoms with van der Waals surface area (Å²) in [6.45, 7) is 0.320. The highest BCUT2D eigenvalue weighted by Crippen LogP contribution is 2.34. The maximum atomic E-state index is 12.4. The Labute approximate surface area is 121 Å². The molecule has 1 atom stereocenters. The number of para-hydroxylation sites is 1. The highest BCUT2D eigenvalue weighted by atomic mass is 16.5. The number of hydrogen-bond acceptors (Lipinski definition) is 3. The molecule has 1 aliphatic rings. The Morgan fingerprint density at radius 3 is 2.86 bits per heavy atom. The molecule has 0 fully saturated rings.